The van der Waals surface area contributed by atoms with Crippen LogP contribution in [0.25, 0.3) is 0 Å². The van der Waals surface area contributed by atoms with E-state index >= 15 is 0 Å². The molecule has 0 fully saturated rings. The van der Waals surface area contributed by atoms with Crippen LogP contribution in [0.3, 0.4) is 0 Å². The van der Waals surface area contributed by atoms with Gasteiger partial charge in [0.1, 0.15) is 0 Å². The summed E-state index contributed by atoms with van der Waals surface area (Å²) >= 11 is 0. The van der Waals surface area contributed by atoms with Gasteiger partial charge in [-0.2, -0.15) is 0 Å². The van der Waals surface area contributed by atoms with Crippen molar-refractivity contribution in [1.82, 2.24) is 5.32 Å². The Bertz CT molecular complexity index is 707. The van der Waals surface area contributed by atoms with E-state index in [1.54, 1.807) is 26.0 Å². The highest BCUT2D eigenvalue weighted by Gasteiger charge is 1.96. The number of nitrogens with two attached hydrogens (primary N) is 4. The van der Waals surface area contributed by atoms with Gasteiger partial charge in [0.25, 0.3) is 29.8 Å². The Morgan fingerprint density at radius 1 is 0.444 bits per heavy atom. The van der Waals surface area contributed by atoms with Gasteiger partial charge in [0.2, 0.25) is 0 Å². The molecule has 0 heterocycles. The van der Waals surface area contributed by atoms with Crippen molar-refractivity contribution < 1.29 is 69.3 Å². The van der Waals surface area contributed by atoms with Crippen LogP contribution in [0.15, 0.2) is 23.3 Å². The highest BCUT2D eigenvalue weighted by Crippen LogP contribution is 1.93. The Hall–Kier alpha value is -4.43. The van der Waals surface area contributed by atoms with Crippen molar-refractivity contribution in [1.29, 1.82) is 0 Å². The molecule has 0 amide bonds. The summed E-state index contributed by atoms with van der Waals surface area (Å²) in [5, 5.41) is 56.7. The summed E-state index contributed by atoms with van der Waals surface area (Å²) in [6.45, 7) is 12.7. The number of carbonyl (C=O) groups is 7. The summed E-state index contributed by atoms with van der Waals surface area (Å²) in [5.41, 5.74) is 21.3. The third-order valence-corrected chi connectivity index (χ3v) is 2.55. The molecule has 0 aromatic rings. The van der Waals surface area contributed by atoms with E-state index < -0.39 is 41.8 Å². The van der Waals surface area contributed by atoms with E-state index in [4.69, 9.17) is 82.7 Å². The van der Waals surface area contributed by atoms with Crippen LogP contribution in [0.5, 0.6) is 0 Å². The molecule has 19 nitrogen and oxygen atoms in total. The zero-order valence-electron chi connectivity index (χ0n) is 27.1. The van der Waals surface area contributed by atoms with E-state index in [2.05, 4.69) is 5.32 Å². The predicted octanol–water partition coefficient (Wildman–Crippen LogP) is -0.320. The van der Waals surface area contributed by atoms with Crippen LogP contribution in [0.4, 0.5) is 0 Å². The smallest absolute Gasteiger partial charge is 0.330 e. The average Bonchev–Trinajstić information content (AvgIpc) is 2.85. The van der Waals surface area contributed by atoms with Gasteiger partial charge in [0, 0.05) is 71.9 Å². The lowest BCUT2D eigenvalue weighted by atomic mass is 10.2. The monoisotopic (exact) mass is 661 g/mol. The summed E-state index contributed by atoms with van der Waals surface area (Å²) in [7, 11) is 0. The lowest BCUT2D eigenvalue weighted by Gasteiger charge is -1.95. The SMILES string of the molecule is CC(=CCCN)C(=O)O.CC(=CCCN)C(=O)O.CC(=O)O.CC(=O)O.CC(=O)O.CC(=O)O.CC(=O)O.NCCNCCN. The van der Waals surface area contributed by atoms with Crippen LogP contribution in [0, 0.1) is 0 Å². The highest BCUT2D eigenvalue weighted by molar-refractivity contribution is 5.86. The Morgan fingerprint density at radius 2 is 0.622 bits per heavy atom. The minimum absolute atomic E-state index is 0.362. The molecule has 0 aliphatic rings. The van der Waals surface area contributed by atoms with Gasteiger partial charge in [-0.15, -0.1) is 0 Å². The zero-order valence-corrected chi connectivity index (χ0v) is 27.1. The van der Waals surface area contributed by atoms with Gasteiger partial charge in [0.05, 0.1) is 0 Å². The number of nitrogens with one attached hydrogen (secondary N) is 1. The van der Waals surface area contributed by atoms with Crippen LogP contribution < -0.4 is 28.3 Å². The third-order valence-electron chi connectivity index (χ3n) is 2.55. The molecule has 0 saturated heterocycles. The Morgan fingerprint density at radius 3 is 0.733 bits per heavy atom. The molecular weight excluding hydrogens is 606 g/mol. The molecule has 268 valence electrons. The number of hydrogen-bond donors (Lipinski definition) is 12. The molecule has 45 heavy (non-hydrogen) atoms. The van der Waals surface area contributed by atoms with Crippen LogP contribution >= 0.6 is 0 Å². The van der Waals surface area contributed by atoms with E-state index in [0.29, 0.717) is 50.2 Å². The fourth-order valence-electron chi connectivity index (χ4n) is 1.10. The van der Waals surface area contributed by atoms with Crippen molar-refractivity contribution in [3.05, 3.63) is 23.3 Å². The van der Waals surface area contributed by atoms with Crippen molar-refractivity contribution in [2.75, 3.05) is 39.3 Å². The zero-order chi connectivity index (χ0) is 38.0. The lowest BCUT2D eigenvalue weighted by Crippen LogP contribution is -2.27. The fourth-order valence-corrected chi connectivity index (χ4v) is 1.10. The second-order valence-electron chi connectivity index (χ2n) is 7.46. The lowest BCUT2D eigenvalue weighted by molar-refractivity contribution is -0.135. The summed E-state index contributed by atoms with van der Waals surface area (Å²) in [6.07, 6.45) is 4.50. The largest absolute Gasteiger partial charge is 0.481 e. The van der Waals surface area contributed by atoms with Gasteiger partial charge in [-0.05, 0) is 39.8 Å². The van der Waals surface area contributed by atoms with Crippen LogP contribution in [0.2, 0.25) is 0 Å². The second-order valence-corrected chi connectivity index (χ2v) is 7.46. The van der Waals surface area contributed by atoms with E-state index in [1.807, 2.05) is 0 Å². The van der Waals surface area contributed by atoms with Gasteiger partial charge in [-0.25, -0.2) is 9.59 Å². The molecule has 0 radical (unpaired) electrons. The maximum Gasteiger partial charge on any atom is 0.330 e. The molecule has 16 N–H and O–H groups in total. The first-order valence-corrected chi connectivity index (χ1v) is 12.7. The van der Waals surface area contributed by atoms with Crippen LogP contribution in [-0.4, -0.2) is 117 Å². The number of aliphatic carboxylic acids is 7. The summed E-state index contributed by atoms with van der Waals surface area (Å²) in [5.74, 6) is -5.91. The summed E-state index contributed by atoms with van der Waals surface area (Å²) < 4.78 is 0. The van der Waals surface area contributed by atoms with E-state index in [0.717, 1.165) is 47.7 Å². The van der Waals surface area contributed by atoms with Crippen molar-refractivity contribution in [2.45, 2.75) is 61.3 Å². The minimum Gasteiger partial charge on any atom is -0.481 e. The van der Waals surface area contributed by atoms with Gasteiger partial charge in [-0.1, -0.05) is 12.2 Å². The normalized spacial score (nSPS) is 8.87. The molecule has 0 atom stereocenters. The molecule has 0 aliphatic carbocycles. The molecule has 0 unspecified atom stereocenters. The summed E-state index contributed by atoms with van der Waals surface area (Å²) in [6, 6.07) is 0. The van der Waals surface area contributed by atoms with Gasteiger partial charge < -0.3 is 64.0 Å². The van der Waals surface area contributed by atoms with Gasteiger partial charge >= 0.3 is 11.9 Å². The van der Waals surface area contributed by atoms with Crippen molar-refractivity contribution in [2.24, 2.45) is 22.9 Å². The molecule has 0 aromatic carbocycles. The Balaban J connectivity index is -0.0000000597. The third kappa shape index (κ3) is 230. The van der Waals surface area contributed by atoms with E-state index in [9.17, 15) is 9.59 Å². The maximum absolute atomic E-state index is 10.1. The number of carboxylic acid groups (broad SMARTS) is 7. The molecule has 0 saturated carbocycles. The quantitative estimate of drug-likeness (QED) is 0.105. The molecule has 19 heteroatoms. The first-order valence-electron chi connectivity index (χ1n) is 12.7. The van der Waals surface area contributed by atoms with Crippen molar-refractivity contribution >= 4 is 41.8 Å². The first kappa shape index (κ1) is 59.9. The Kier molecular flexibility index (Phi) is 69.5. The molecule has 0 aliphatic heterocycles. The topological polar surface area (TPSA) is 377 Å². The maximum atomic E-state index is 10.1. The van der Waals surface area contributed by atoms with Crippen LogP contribution in [0.1, 0.15) is 61.3 Å². The Labute approximate surface area is 263 Å². The number of carboxylic acids is 7. The van der Waals surface area contributed by atoms with Crippen LogP contribution in [-0.2, 0) is 33.6 Å². The molecular formula is C26H55N5O14. The highest BCUT2D eigenvalue weighted by atomic mass is 16.4. The van der Waals surface area contributed by atoms with Crippen molar-refractivity contribution in [3.8, 4) is 0 Å². The molecule has 0 spiro atoms. The summed E-state index contributed by atoms with van der Waals surface area (Å²) in [4.78, 5) is 65.2. The van der Waals surface area contributed by atoms with Crippen molar-refractivity contribution in [3.63, 3.8) is 0 Å². The fraction of sp³-hybridized carbons (Fsp3) is 0.577. The standard InChI is InChI=1S/2C6H11NO2.C4H13N3.5C2H4O2/c2*1-5(6(8)9)3-2-4-7;5-1-3-7-4-2-6;5*1-2(3)4/h2*3H,2,4,7H2,1H3,(H,8,9);7H,1-6H2;5*1H3,(H,3,4). The second kappa shape index (κ2) is 52.2. The number of rotatable bonds is 10. The molecule has 0 bridgehead atoms. The minimum atomic E-state index is -0.872. The average molecular weight is 662 g/mol. The van der Waals surface area contributed by atoms with Gasteiger partial charge in [-0.3, -0.25) is 24.0 Å². The predicted molar refractivity (Wildman–Crippen MR) is 168 cm³/mol. The number of hydrogen-bond acceptors (Lipinski definition) is 12. The van der Waals surface area contributed by atoms with E-state index in [1.165, 1.54) is 0 Å². The van der Waals surface area contributed by atoms with Gasteiger partial charge in [0.15, 0.2) is 0 Å². The molecule has 0 aromatic heterocycles. The van der Waals surface area contributed by atoms with E-state index in [-0.39, 0.29) is 0 Å². The molecule has 0 rings (SSSR count). The first-order chi connectivity index (χ1) is 20.4.